The lowest BCUT2D eigenvalue weighted by Crippen LogP contribution is -1.96. The summed E-state index contributed by atoms with van der Waals surface area (Å²) in [4.78, 5) is 10.1. The van der Waals surface area contributed by atoms with Gasteiger partial charge in [-0.05, 0) is 68.2 Å². The molecular weight excluding hydrogens is 753 g/mol. The smallest absolute Gasteiger partial charge is 0.160 e. The zero-order valence-electron chi connectivity index (χ0n) is 27.3. The van der Waals surface area contributed by atoms with Gasteiger partial charge in [0, 0.05) is 40.4 Å². The molecule has 0 saturated carbocycles. The summed E-state index contributed by atoms with van der Waals surface area (Å²) >= 11 is 1.45. The van der Waals surface area contributed by atoms with Crippen molar-refractivity contribution in [3.05, 3.63) is 181 Å². The molecule has 51 heavy (non-hydrogen) atoms. The third-order valence-electron chi connectivity index (χ3n) is 9.14. The number of nitrogens with zero attached hydrogens (tertiary/aromatic N) is 3. The predicted octanol–water partition coefficient (Wildman–Crippen LogP) is 12.6. The number of rotatable bonds is 6. The summed E-state index contributed by atoms with van der Waals surface area (Å²) in [6.07, 6.45) is 4.54. The molecule has 0 bridgehead atoms. The molecule has 5 heteroatoms. The maximum Gasteiger partial charge on any atom is 0.160 e. The van der Waals surface area contributed by atoms with Crippen molar-refractivity contribution in [2.45, 2.75) is 0 Å². The zero-order chi connectivity index (χ0) is 34.1. The summed E-state index contributed by atoms with van der Waals surface area (Å²) in [5.74, 6) is 0.714. The van der Waals surface area contributed by atoms with Crippen LogP contribution in [0.4, 0.5) is 0 Å². The molecule has 0 atom stereocenters. The third-order valence-corrected chi connectivity index (χ3v) is 12.9. The van der Waals surface area contributed by atoms with Crippen LogP contribution < -0.4 is 0 Å². The Balaban J connectivity index is 1.17. The van der Waals surface area contributed by atoms with Crippen molar-refractivity contribution in [1.82, 2.24) is 9.97 Å². The summed E-state index contributed by atoms with van der Waals surface area (Å²) in [6, 6.07) is 55.0. The van der Waals surface area contributed by atoms with E-state index in [2.05, 4.69) is 113 Å². The van der Waals surface area contributed by atoms with Crippen LogP contribution in [-0.2, 0) is 0 Å². The second kappa shape index (κ2) is 13.5. The van der Waals surface area contributed by atoms with Crippen LogP contribution in [0, 0.1) is 11.3 Å². The van der Waals surface area contributed by atoms with Gasteiger partial charge in [-0.3, -0.25) is 0 Å². The first kappa shape index (κ1) is 31.2. The molecular formula is C46H28IN3S. The molecule has 0 N–H and O–H groups in total. The van der Waals surface area contributed by atoms with Crippen LogP contribution in [0.2, 0.25) is 0 Å². The Morgan fingerprint density at radius 1 is 0.549 bits per heavy atom. The van der Waals surface area contributed by atoms with Crippen molar-refractivity contribution in [2.24, 2.45) is 0 Å². The fraction of sp³-hybridized carbons (Fsp3) is 0. The van der Waals surface area contributed by atoms with E-state index in [1.165, 1.54) is 46.0 Å². The summed E-state index contributed by atoms with van der Waals surface area (Å²) in [7, 11) is 0. The molecule has 2 aromatic heterocycles. The highest BCUT2D eigenvalue weighted by atomic mass is 127. The Hall–Kier alpha value is -5.81. The Bertz CT molecular complexity index is 2660. The molecule has 1 aliphatic rings. The molecule has 0 radical (unpaired) electrons. The van der Waals surface area contributed by atoms with Gasteiger partial charge in [-0.2, -0.15) is 5.26 Å². The molecule has 0 spiro atoms. The molecule has 9 rings (SSSR count). The molecule has 1 aliphatic heterocycles. The summed E-state index contributed by atoms with van der Waals surface area (Å²) in [6.45, 7) is 0. The highest BCUT2D eigenvalue weighted by molar-refractivity contribution is 14.2. The standard InChI is InChI=1S/C46H28IN3S/c48-29-30-15-17-31(18-16-30)36-23-25-39(47-28-36)37-24-26-43-45(38-13-7-8-14-42(38)51-43)44(37)34-21-19-33(20-22-34)41-27-40(32-9-3-1-4-10-32)49-46(50-41)35-11-5-2-6-12-35/h1-28H. The summed E-state index contributed by atoms with van der Waals surface area (Å²) in [5.41, 5.74) is 11.7. The molecule has 240 valence electrons. The second-order valence-corrected chi connectivity index (χ2v) is 15.8. The number of halogens is 1. The van der Waals surface area contributed by atoms with Gasteiger partial charge >= 0.3 is 0 Å². The molecule has 8 aromatic rings. The van der Waals surface area contributed by atoms with Gasteiger partial charge in [0.05, 0.1) is 23.0 Å². The van der Waals surface area contributed by atoms with Gasteiger partial charge < -0.3 is 0 Å². The molecule has 3 heterocycles. The lowest BCUT2D eigenvalue weighted by molar-refractivity contribution is 1.18. The number of hydrogen-bond acceptors (Lipinski definition) is 4. The molecule has 6 aromatic carbocycles. The fourth-order valence-electron chi connectivity index (χ4n) is 6.59. The molecule has 0 fully saturated rings. The van der Waals surface area contributed by atoms with Crippen LogP contribution >= 0.6 is 32.1 Å². The summed E-state index contributed by atoms with van der Waals surface area (Å²) < 4.78 is 6.38. The number of hydrogen-bond donors (Lipinski definition) is 0. The van der Waals surface area contributed by atoms with Gasteiger partial charge in [0.2, 0.25) is 0 Å². The van der Waals surface area contributed by atoms with Crippen LogP contribution in [0.1, 0.15) is 16.7 Å². The first-order chi connectivity index (χ1) is 25.2. The second-order valence-electron chi connectivity index (χ2n) is 12.3. The minimum absolute atomic E-state index is 0.409. The van der Waals surface area contributed by atoms with E-state index < -0.39 is 20.7 Å². The van der Waals surface area contributed by atoms with Crippen LogP contribution in [0.15, 0.2) is 164 Å². The van der Waals surface area contributed by atoms with E-state index in [4.69, 9.17) is 9.97 Å². The van der Waals surface area contributed by atoms with Gasteiger partial charge in [0.15, 0.2) is 5.82 Å². The SMILES string of the molecule is N#Cc1ccc(C2=CC=C(c3ccc4sc5ccccc5c4c3-c3ccc(-c4cc(-c5ccccc5)nc(-c5ccccc5)n4)cc3)I=C2)cc1. The average Bonchev–Trinajstić information content (AvgIpc) is 3.60. The minimum Gasteiger partial charge on any atom is -0.228 e. The highest BCUT2D eigenvalue weighted by Crippen LogP contribution is 2.46. The van der Waals surface area contributed by atoms with E-state index in [9.17, 15) is 5.26 Å². The van der Waals surface area contributed by atoms with Crippen molar-refractivity contribution in [3.8, 4) is 51.1 Å². The number of thiophene rings is 1. The van der Waals surface area contributed by atoms with Crippen molar-refractivity contribution >= 4 is 65.4 Å². The Morgan fingerprint density at radius 2 is 1.18 bits per heavy atom. The van der Waals surface area contributed by atoms with Gasteiger partial charge in [0.1, 0.15) is 0 Å². The normalized spacial score (nSPS) is 12.6. The number of nitriles is 1. The Kier molecular flexibility index (Phi) is 8.25. The van der Waals surface area contributed by atoms with E-state index in [1.807, 2.05) is 72.0 Å². The van der Waals surface area contributed by atoms with E-state index in [0.717, 1.165) is 33.6 Å². The van der Waals surface area contributed by atoms with Crippen molar-refractivity contribution in [1.29, 1.82) is 5.26 Å². The molecule has 0 unspecified atom stereocenters. The maximum atomic E-state index is 9.25. The molecule has 0 amide bonds. The van der Waals surface area contributed by atoms with Gasteiger partial charge in [0.25, 0.3) is 0 Å². The first-order valence-electron chi connectivity index (χ1n) is 16.7. The highest BCUT2D eigenvalue weighted by Gasteiger charge is 2.19. The molecule has 0 saturated heterocycles. The average molecular weight is 782 g/mol. The summed E-state index contributed by atoms with van der Waals surface area (Å²) in [5, 5.41) is 11.9. The first-order valence-corrected chi connectivity index (χ1v) is 19.8. The van der Waals surface area contributed by atoms with Gasteiger partial charge in [-0.25, -0.2) is 9.97 Å². The number of fused-ring (bicyclic) bond motifs is 3. The van der Waals surface area contributed by atoms with Crippen molar-refractivity contribution in [3.63, 3.8) is 0 Å². The van der Waals surface area contributed by atoms with E-state index in [-0.39, 0.29) is 0 Å². The van der Waals surface area contributed by atoms with E-state index >= 15 is 0 Å². The van der Waals surface area contributed by atoms with Gasteiger partial charge in [-0.1, -0.05) is 148 Å². The lowest BCUT2D eigenvalue weighted by atomic mass is 9.93. The molecule has 3 nitrogen and oxygen atoms in total. The van der Waals surface area contributed by atoms with Crippen LogP contribution in [0.5, 0.6) is 0 Å². The van der Waals surface area contributed by atoms with Crippen molar-refractivity contribution < 1.29 is 0 Å². The number of benzene rings is 6. The van der Waals surface area contributed by atoms with Crippen LogP contribution in [0.25, 0.3) is 74.4 Å². The zero-order valence-corrected chi connectivity index (χ0v) is 30.3. The Morgan fingerprint density at radius 3 is 1.86 bits per heavy atom. The molecule has 0 aliphatic carbocycles. The number of aromatic nitrogens is 2. The fourth-order valence-corrected chi connectivity index (χ4v) is 10.1. The van der Waals surface area contributed by atoms with Crippen LogP contribution in [-0.4, -0.2) is 14.0 Å². The monoisotopic (exact) mass is 781 g/mol. The maximum absolute atomic E-state index is 9.25. The number of allylic oxidation sites excluding steroid dienone is 3. The van der Waals surface area contributed by atoms with E-state index in [1.54, 1.807) is 0 Å². The van der Waals surface area contributed by atoms with Gasteiger partial charge in [-0.15, -0.1) is 11.3 Å². The van der Waals surface area contributed by atoms with Crippen LogP contribution in [0.3, 0.4) is 0 Å². The topological polar surface area (TPSA) is 49.6 Å². The quantitative estimate of drug-likeness (QED) is 0.158. The lowest BCUT2D eigenvalue weighted by Gasteiger charge is -2.16. The largest absolute Gasteiger partial charge is 0.228 e. The third kappa shape index (κ3) is 6.03. The minimum atomic E-state index is -0.409. The Labute approximate surface area is 310 Å². The predicted molar refractivity (Wildman–Crippen MR) is 224 cm³/mol. The van der Waals surface area contributed by atoms with Crippen molar-refractivity contribution in [2.75, 3.05) is 0 Å². The van der Waals surface area contributed by atoms with E-state index in [0.29, 0.717) is 11.4 Å².